The summed E-state index contributed by atoms with van der Waals surface area (Å²) in [5.74, 6) is -2.15. The van der Waals surface area contributed by atoms with Crippen molar-refractivity contribution in [3.8, 4) is 0 Å². The molecule has 0 spiro atoms. The van der Waals surface area contributed by atoms with Crippen LogP contribution in [0, 0.1) is 0 Å². The number of carbonyl (C=O) groups excluding carboxylic acids is 2. The lowest BCUT2D eigenvalue weighted by Crippen LogP contribution is -2.48. The van der Waals surface area contributed by atoms with E-state index in [-0.39, 0.29) is 26.4 Å². The van der Waals surface area contributed by atoms with Crippen molar-refractivity contribution in [2.75, 3.05) is 33.4 Å². The van der Waals surface area contributed by atoms with E-state index in [9.17, 15) is 14.4 Å². The molecule has 0 saturated carbocycles. The molecular weight excluding hydrogens is 258 g/mol. The number of nitrogens with two attached hydrogens (primary N) is 1. The standard InChI is InChI=1S/C10H19N3O6/c1-13(2-4-19-5-3-14)10(18)12-7(9(16)17)6-8(11)15/h7,14H,2-6H2,1H3,(H2,11,15)(H,12,18)(H,16,17)/t7-/m1/s1. The summed E-state index contributed by atoms with van der Waals surface area (Å²) in [5.41, 5.74) is 4.89. The maximum absolute atomic E-state index is 11.6. The van der Waals surface area contributed by atoms with Gasteiger partial charge >= 0.3 is 12.0 Å². The average molecular weight is 277 g/mol. The monoisotopic (exact) mass is 277 g/mol. The van der Waals surface area contributed by atoms with Gasteiger partial charge in [0.25, 0.3) is 0 Å². The third kappa shape index (κ3) is 7.95. The summed E-state index contributed by atoms with van der Waals surface area (Å²) in [4.78, 5) is 34.3. The van der Waals surface area contributed by atoms with Gasteiger partial charge in [-0.2, -0.15) is 0 Å². The highest BCUT2D eigenvalue weighted by Gasteiger charge is 2.23. The Kier molecular flexibility index (Phi) is 8.22. The minimum absolute atomic E-state index is 0.115. The van der Waals surface area contributed by atoms with Gasteiger partial charge < -0.3 is 30.9 Å². The second-order valence-electron chi connectivity index (χ2n) is 3.77. The molecule has 9 heteroatoms. The molecule has 3 amide bonds. The van der Waals surface area contributed by atoms with E-state index in [1.807, 2.05) is 0 Å². The van der Waals surface area contributed by atoms with Crippen molar-refractivity contribution in [3.05, 3.63) is 0 Å². The number of hydrogen-bond donors (Lipinski definition) is 4. The van der Waals surface area contributed by atoms with Crippen LogP contribution in [0.5, 0.6) is 0 Å². The molecule has 19 heavy (non-hydrogen) atoms. The molecule has 0 heterocycles. The van der Waals surface area contributed by atoms with Crippen LogP contribution in [0.15, 0.2) is 0 Å². The van der Waals surface area contributed by atoms with Crippen molar-refractivity contribution in [1.82, 2.24) is 10.2 Å². The number of rotatable bonds is 9. The van der Waals surface area contributed by atoms with Crippen LogP contribution in [-0.4, -0.2) is 72.5 Å². The van der Waals surface area contributed by atoms with Gasteiger partial charge in [0.1, 0.15) is 6.04 Å². The quantitative estimate of drug-likeness (QED) is 0.358. The largest absolute Gasteiger partial charge is 0.480 e. The van der Waals surface area contributed by atoms with Gasteiger partial charge in [0, 0.05) is 13.6 Å². The maximum atomic E-state index is 11.6. The third-order valence-corrected chi connectivity index (χ3v) is 2.15. The lowest BCUT2D eigenvalue weighted by Gasteiger charge is -2.20. The summed E-state index contributed by atoms with van der Waals surface area (Å²) in [6.45, 7) is 0.470. The van der Waals surface area contributed by atoms with Crippen molar-refractivity contribution in [1.29, 1.82) is 0 Å². The fourth-order valence-electron chi connectivity index (χ4n) is 1.13. The Bertz CT molecular complexity index is 322. The first-order valence-electron chi connectivity index (χ1n) is 5.59. The van der Waals surface area contributed by atoms with Crippen molar-refractivity contribution in [2.45, 2.75) is 12.5 Å². The average Bonchev–Trinajstić information content (AvgIpc) is 2.32. The van der Waals surface area contributed by atoms with Gasteiger partial charge in [-0.3, -0.25) is 4.79 Å². The molecule has 9 nitrogen and oxygen atoms in total. The number of nitrogens with zero attached hydrogens (tertiary/aromatic N) is 1. The van der Waals surface area contributed by atoms with Crippen LogP contribution in [0.1, 0.15) is 6.42 Å². The number of carboxylic acids is 1. The Morgan fingerprint density at radius 3 is 2.47 bits per heavy atom. The summed E-state index contributed by atoms with van der Waals surface area (Å²) in [7, 11) is 1.45. The highest BCUT2D eigenvalue weighted by atomic mass is 16.5. The zero-order chi connectivity index (χ0) is 14.8. The van der Waals surface area contributed by atoms with Gasteiger partial charge in [-0.15, -0.1) is 0 Å². The minimum Gasteiger partial charge on any atom is -0.480 e. The number of likely N-dealkylation sites (N-methyl/N-ethyl adjacent to an activating group) is 1. The lowest BCUT2D eigenvalue weighted by molar-refractivity contribution is -0.140. The number of hydrogen-bond acceptors (Lipinski definition) is 5. The smallest absolute Gasteiger partial charge is 0.326 e. The SMILES string of the molecule is CN(CCOCCO)C(=O)N[C@H](CC(N)=O)C(=O)O. The van der Waals surface area contributed by atoms with Gasteiger partial charge in [-0.05, 0) is 0 Å². The molecule has 0 radical (unpaired) electrons. The van der Waals surface area contributed by atoms with Crippen molar-refractivity contribution < 1.29 is 29.3 Å². The molecule has 0 rings (SSSR count). The summed E-state index contributed by atoms with van der Waals surface area (Å²) >= 11 is 0. The Morgan fingerprint density at radius 1 is 1.37 bits per heavy atom. The van der Waals surface area contributed by atoms with Gasteiger partial charge in [-0.25, -0.2) is 9.59 Å². The predicted octanol–water partition coefficient (Wildman–Crippen LogP) is -2.03. The van der Waals surface area contributed by atoms with Crippen molar-refractivity contribution >= 4 is 17.9 Å². The van der Waals surface area contributed by atoms with Crippen LogP contribution in [0.25, 0.3) is 0 Å². The summed E-state index contributed by atoms with van der Waals surface area (Å²) < 4.78 is 4.96. The van der Waals surface area contributed by atoms with E-state index in [0.29, 0.717) is 0 Å². The zero-order valence-corrected chi connectivity index (χ0v) is 10.7. The van der Waals surface area contributed by atoms with Crippen molar-refractivity contribution in [3.63, 3.8) is 0 Å². The first-order chi connectivity index (χ1) is 8.88. The van der Waals surface area contributed by atoms with E-state index in [1.54, 1.807) is 0 Å². The zero-order valence-electron chi connectivity index (χ0n) is 10.7. The summed E-state index contributed by atoms with van der Waals surface area (Å²) in [5, 5.41) is 19.5. The number of carbonyl (C=O) groups is 3. The van der Waals surface area contributed by atoms with Crippen LogP contribution in [-0.2, 0) is 14.3 Å². The predicted molar refractivity (Wildman–Crippen MR) is 64.3 cm³/mol. The molecule has 0 aromatic rings. The van der Waals surface area contributed by atoms with Gasteiger partial charge in [0.15, 0.2) is 0 Å². The van der Waals surface area contributed by atoms with E-state index >= 15 is 0 Å². The molecule has 5 N–H and O–H groups in total. The lowest BCUT2D eigenvalue weighted by atomic mass is 10.2. The van der Waals surface area contributed by atoms with E-state index in [2.05, 4.69) is 5.32 Å². The number of carboxylic acid groups (broad SMARTS) is 1. The highest BCUT2D eigenvalue weighted by molar-refractivity contribution is 5.87. The Hall–Kier alpha value is -1.87. The molecule has 0 aliphatic heterocycles. The van der Waals surface area contributed by atoms with Crippen LogP contribution in [0.4, 0.5) is 4.79 Å². The first kappa shape index (κ1) is 17.1. The molecular formula is C10H19N3O6. The molecule has 0 aromatic carbocycles. The number of nitrogens with one attached hydrogen (secondary N) is 1. The molecule has 0 saturated heterocycles. The second kappa shape index (κ2) is 9.11. The summed E-state index contributed by atoms with van der Waals surface area (Å²) in [6.07, 6.45) is -0.476. The van der Waals surface area contributed by atoms with Crippen molar-refractivity contribution in [2.24, 2.45) is 5.73 Å². The van der Waals surface area contributed by atoms with E-state index in [1.165, 1.54) is 11.9 Å². The molecule has 0 fully saturated rings. The fourth-order valence-corrected chi connectivity index (χ4v) is 1.13. The van der Waals surface area contributed by atoms with Crippen LogP contribution in [0.3, 0.4) is 0 Å². The normalized spacial score (nSPS) is 11.7. The number of aliphatic hydroxyl groups excluding tert-OH is 1. The van der Waals surface area contributed by atoms with E-state index < -0.39 is 30.4 Å². The Morgan fingerprint density at radius 2 is 2.00 bits per heavy atom. The second-order valence-corrected chi connectivity index (χ2v) is 3.77. The highest BCUT2D eigenvalue weighted by Crippen LogP contribution is 1.94. The van der Waals surface area contributed by atoms with Gasteiger partial charge in [0.05, 0.1) is 26.2 Å². The number of ether oxygens (including phenoxy) is 1. The number of aliphatic hydroxyl groups is 1. The number of aliphatic carboxylic acids is 1. The van der Waals surface area contributed by atoms with Crippen LogP contribution < -0.4 is 11.1 Å². The molecule has 0 unspecified atom stereocenters. The number of amides is 3. The third-order valence-electron chi connectivity index (χ3n) is 2.15. The topological polar surface area (TPSA) is 142 Å². The molecule has 0 aromatic heterocycles. The maximum Gasteiger partial charge on any atom is 0.326 e. The number of primary amides is 1. The first-order valence-corrected chi connectivity index (χ1v) is 5.59. The molecule has 0 aliphatic carbocycles. The van der Waals surface area contributed by atoms with Gasteiger partial charge in [-0.1, -0.05) is 0 Å². The Balaban J connectivity index is 4.16. The number of urea groups is 1. The van der Waals surface area contributed by atoms with E-state index in [4.69, 9.17) is 20.7 Å². The fraction of sp³-hybridized carbons (Fsp3) is 0.700. The minimum atomic E-state index is -1.36. The molecule has 110 valence electrons. The molecule has 0 aliphatic rings. The Labute approximate surface area is 110 Å². The summed E-state index contributed by atoms with van der Waals surface area (Å²) in [6, 6.07) is -2.01. The van der Waals surface area contributed by atoms with Gasteiger partial charge in [0.2, 0.25) is 5.91 Å². The van der Waals surface area contributed by atoms with E-state index in [0.717, 1.165) is 0 Å². The molecule has 0 bridgehead atoms. The molecule has 1 atom stereocenters. The van der Waals surface area contributed by atoms with Crippen LogP contribution in [0.2, 0.25) is 0 Å². The van der Waals surface area contributed by atoms with Crippen LogP contribution >= 0.6 is 0 Å².